The number of fused-ring (bicyclic) bond motifs is 3. The van der Waals surface area contributed by atoms with E-state index < -0.39 is 37.7 Å². The zero-order chi connectivity index (χ0) is 44.3. The minimum Gasteiger partial charge on any atom is -0.461 e. The lowest BCUT2D eigenvalue weighted by Crippen LogP contribution is -2.27. The Morgan fingerprint density at radius 3 is 0.561 bits per heavy atom. The van der Waals surface area contributed by atoms with Gasteiger partial charge in [-0.3, -0.25) is 0 Å². The topological polar surface area (TPSA) is 111 Å². The van der Waals surface area contributed by atoms with Crippen LogP contribution in [0.25, 0.3) is 0 Å². The van der Waals surface area contributed by atoms with Crippen LogP contribution < -0.4 is 28.4 Å². The molecule has 348 valence electrons. The van der Waals surface area contributed by atoms with Gasteiger partial charge >= 0.3 is 0 Å². The van der Waals surface area contributed by atoms with E-state index in [1.54, 1.807) is 0 Å². The molecule has 0 aromatic heterocycles. The van der Waals surface area contributed by atoms with Gasteiger partial charge in [0.05, 0.1) is 39.6 Å². The summed E-state index contributed by atoms with van der Waals surface area (Å²) in [5.74, 6) is 23.9. The summed E-state index contributed by atoms with van der Waals surface area (Å²) in [5, 5.41) is 0. The summed E-state index contributed by atoms with van der Waals surface area (Å²) in [7, 11) is 0. The molecule has 6 unspecified atom stereocenters. The van der Waals surface area contributed by atoms with Crippen molar-refractivity contribution in [3.63, 3.8) is 0 Å². The van der Waals surface area contributed by atoms with Crippen molar-refractivity contribution in [3.8, 4) is 70.0 Å². The normalized spacial score (nSPS) is 26.2. The molecule has 10 rings (SSSR count). The maximum atomic E-state index is 6.59. The summed E-state index contributed by atoms with van der Waals surface area (Å²) < 4.78 is 75.9. The molecule has 0 bridgehead atoms. The van der Waals surface area contributed by atoms with Gasteiger partial charge in [-0.15, -0.1) is 0 Å². The fourth-order valence-electron chi connectivity index (χ4n) is 8.93. The van der Waals surface area contributed by atoms with Crippen molar-refractivity contribution in [2.75, 3.05) is 39.6 Å². The molecule has 12 nitrogen and oxygen atoms in total. The molecule has 0 saturated carbocycles. The largest absolute Gasteiger partial charge is 0.461 e. The van der Waals surface area contributed by atoms with E-state index >= 15 is 0 Å². The molecule has 66 heavy (non-hydrogen) atoms. The van der Waals surface area contributed by atoms with Crippen LogP contribution in [-0.2, 0) is 28.4 Å². The number of rotatable bonds is 12. The molecule has 6 saturated heterocycles. The standard InChI is InChI=1S/C54H60O12/c1-7-25-55-49(13-1)61-43-31-37-19-20-39-33-45(63-51-15-3-9-27-57-51)47(65-53-17-5-11-29-59-53)35-41(39)23-24-42-36-48(66-54-18-6-12-30-60-54)46(64-52-16-4-10-28-58-52)34-40(42)22-21-38(37)32-44(43)62-50-14-2-8-26-56-50/h31-36,49-54H,1-18,25-30H2. The highest BCUT2D eigenvalue weighted by Crippen LogP contribution is 2.39. The third kappa shape index (κ3) is 11.7. The van der Waals surface area contributed by atoms with E-state index in [1.165, 1.54) is 0 Å². The summed E-state index contributed by atoms with van der Waals surface area (Å²) in [6, 6.07) is 11.5. The fourth-order valence-corrected chi connectivity index (χ4v) is 8.93. The van der Waals surface area contributed by atoms with Gasteiger partial charge in [0.25, 0.3) is 0 Å². The zero-order valence-electron chi connectivity index (χ0n) is 37.8. The monoisotopic (exact) mass is 900 g/mol. The Morgan fingerprint density at radius 1 is 0.258 bits per heavy atom. The van der Waals surface area contributed by atoms with E-state index in [0.717, 1.165) is 116 Å². The summed E-state index contributed by atoms with van der Waals surface area (Å²) in [4.78, 5) is 0. The van der Waals surface area contributed by atoms with Crippen molar-refractivity contribution in [2.24, 2.45) is 0 Å². The maximum absolute atomic E-state index is 6.59. The molecule has 3 aromatic carbocycles. The molecule has 0 spiro atoms. The van der Waals surface area contributed by atoms with Gasteiger partial charge in [-0.05, 0) is 77.0 Å². The highest BCUT2D eigenvalue weighted by Gasteiger charge is 2.27. The molecule has 7 aliphatic rings. The molecule has 0 N–H and O–H groups in total. The zero-order valence-corrected chi connectivity index (χ0v) is 37.8. The molecule has 6 atom stereocenters. The Balaban J connectivity index is 1.13. The second-order valence-electron chi connectivity index (χ2n) is 17.8. The third-order valence-corrected chi connectivity index (χ3v) is 12.6. The van der Waals surface area contributed by atoms with Crippen molar-refractivity contribution >= 4 is 0 Å². The van der Waals surface area contributed by atoms with Crippen LogP contribution in [0.4, 0.5) is 0 Å². The summed E-state index contributed by atoms with van der Waals surface area (Å²) >= 11 is 0. The summed E-state index contributed by atoms with van der Waals surface area (Å²) in [6.07, 6.45) is 14.1. The molecule has 0 radical (unpaired) electrons. The van der Waals surface area contributed by atoms with E-state index in [9.17, 15) is 0 Å². The molecule has 6 fully saturated rings. The first kappa shape index (κ1) is 44.7. The van der Waals surface area contributed by atoms with E-state index in [0.29, 0.717) is 108 Å². The molecule has 6 aliphatic heterocycles. The van der Waals surface area contributed by atoms with Crippen molar-refractivity contribution < 1.29 is 56.8 Å². The molecular weight excluding hydrogens is 841 g/mol. The first-order chi connectivity index (χ1) is 32.6. The Bertz CT molecular complexity index is 1910. The van der Waals surface area contributed by atoms with E-state index in [1.807, 2.05) is 36.4 Å². The third-order valence-electron chi connectivity index (χ3n) is 12.6. The second kappa shape index (κ2) is 22.1. The Kier molecular flexibility index (Phi) is 15.0. The molecule has 3 aromatic rings. The fraction of sp³-hybridized carbons (Fsp3) is 0.556. The Morgan fingerprint density at radius 2 is 0.424 bits per heavy atom. The quantitative estimate of drug-likeness (QED) is 0.126. The van der Waals surface area contributed by atoms with Crippen molar-refractivity contribution in [2.45, 2.75) is 153 Å². The van der Waals surface area contributed by atoms with Gasteiger partial charge in [-0.2, -0.15) is 0 Å². The first-order valence-electron chi connectivity index (χ1n) is 24.4. The van der Waals surface area contributed by atoms with Crippen LogP contribution in [0.3, 0.4) is 0 Å². The van der Waals surface area contributed by atoms with E-state index in [-0.39, 0.29) is 0 Å². The lowest BCUT2D eigenvalue weighted by Gasteiger charge is -2.28. The van der Waals surface area contributed by atoms with Crippen LogP contribution in [0.15, 0.2) is 36.4 Å². The van der Waals surface area contributed by atoms with Crippen molar-refractivity contribution in [3.05, 3.63) is 69.8 Å². The van der Waals surface area contributed by atoms with Crippen LogP contribution in [-0.4, -0.2) is 77.4 Å². The smallest absolute Gasteiger partial charge is 0.200 e. The minimum atomic E-state index is -0.421. The summed E-state index contributed by atoms with van der Waals surface area (Å²) in [6.45, 7) is 3.80. The average Bonchev–Trinajstić information content (AvgIpc) is 3.36. The Hall–Kier alpha value is -5.10. The highest BCUT2D eigenvalue weighted by atomic mass is 16.7. The molecule has 0 amide bonds. The van der Waals surface area contributed by atoms with E-state index in [2.05, 4.69) is 35.5 Å². The Labute approximate surface area is 388 Å². The number of benzene rings is 3. The van der Waals surface area contributed by atoms with Gasteiger partial charge in [-0.1, -0.05) is 35.5 Å². The minimum absolute atomic E-state index is 0.421. The number of hydrogen-bond acceptors (Lipinski definition) is 12. The van der Waals surface area contributed by atoms with Crippen LogP contribution in [0, 0.1) is 35.5 Å². The van der Waals surface area contributed by atoms with Gasteiger partial charge in [0.1, 0.15) is 0 Å². The van der Waals surface area contributed by atoms with Crippen LogP contribution >= 0.6 is 0 Å². The average molecular weight is 901 g/mol. The van der Waals surface area contributed by atoms with Crippen LogP contribution in [0.5, 0.6) is 34.5 Å². The van der Waals surface area contributed by atoms with E-state index in [4.69, 9.17) is 56.8 Å². The predicted molar refractivity (Wildman–Crippen MR) is 243 cm³/mol. The van der Waals surface area contributed by atoms with Gasteiger partial charge in [0.15, 0.2) is 72.2 Å². The summed E-state index contributed by atoms with van der Waals surface area (Å²) in [5.41, 5.74) is 3.84. The van der Waals surface area contributed by atoms with Gasteiger partial charge in [0.2, 0.25) is 0 Å². The SMILES string of the molecule is C1#Cc2cc(OC3CCCCO3)c(OC3CCCCO3)cc2C#Cc2cc(OC3CCCCO3)c(OC3CCCCO3)cc2C#Cc2cc(OC3CCCCO3)c(OC3CCCCO3)cc21. The molecule has 12 heteroatoms. The highest BCUT2D eigenvalue weighted by molar-refractivity contribution is 5.67. The first-order valence-corrected chi connectivity index (χ1v) is 24.4. The second-order valence-corrected chi connectivity index (χ2v) is 17.8. The van der Waals surface area contributed by atoms with Crippen LogP contribution in [0.1, 0.15) is 149 Å². The van der Waals surface area contributed by atoms with Crippen molar-refractivity contribution in [1.82, 2.24) is 0 Å². The predicted octanol–water partition coefficient (Wildman–Crippen LogP) is 9.63. The lowest BCUT2D eigenvalue weighted by molar-refractivity contribution is -0.119. The van der Waals surface area contributed by atoms with Gasteiger partial charge in [-0.25, -0.2) is 0 Å². The van der Waals surface area contributed by atoms with Gasteiger partial charge in [0, 0.05) is 108 Å². The van der Waals surface area contributed by atoms with Crippen molar-refractivity contribution in [1.29, 1.82) is 0 Å². The molecular formula is C54H60O12. The number of ether oxygens (including phenoxy) is 12. The molecule has 1 aliphatic carbocycles. The maximum Gasteiger partial charge on any atom is 0.200 e. The van der Waals surface area contributed by atoms with Crippen LogP contribution in [0.2, 0.25) is 0 Å². The van der Waals surface area contributed by atoms with Gasteiger partial charge < -0.3 is 56.8 Å². The lowest BCUT2D eigenvalue weighted by atomic mass is 10.0. The molecule has 6 heterocycles. The number of hydrogen-bond donors (Lipinski definition) is 0.